The zero-order chi connectivity index (χ0) is 16.2. The smallest absolute Gasteiger partial charge is 0.340 e. The second-order valence-electron chi connectivity index (χ2n) is 5.24. The maximum absolute atomic E-state index is 12.2. The first-order valence-electron chi connectivity index (χ1n) is 7.00. The van der Waals surface area contributed by atoms with Gasteiger partial charge in [0, 0.05) is 32.7 Å². The van der Waals surface area contributed by atoms with E-state index in [-0.39, 0.29) is 0 Å². The van der Waals surface area contributed by atoms with Crippen molar-refractivity contribution in [2.45, 2.75) is 19.1 Å². The van der Waals surface area contributed by atoms with Gasteiger partial charge in [-0.3, -0.25) is 14.5 Å². The Kier molecular flexibility index (Phi) is 5.18. The van der Waals surface area contributed by atoms with Crippen LogP contribution in [0.25, 0.3) is 0 Å². The summed E-state index contributed by atoms with van der Waals surface area (Å²) in [7, 11) is 0. The van der Waals surface area contributed by atoms with Crippen molar-refractivity contribution in [1.82, 2.24) is 9.80 Å². The van der Waals surface area contributed by atoms with E-state index < -0.39 is 24.3 Å². The van der Waals surface area contributed by atoms with Crippen LogP contribution in [0.1, 0.15) is 12.0 Å². The van der Waals surface area contributed by atoms with E-state index in [1.165, 1.54) is 4.90 Å². The number of carbonyl (C=O) groups excluding carboxylic acids is 2. The number of piperazine rings is 1. The molecule has 1 aliphatic rings. The Bertz CT molecular complexity index is 523. The van der Waals surface area contributed by atoms with Gasteiger partial charge in [-0.15, -0.1) is 0 Å². The lowest BCUT2D eigenvalue weighted by atomic mass is 10.2. The zero-order valence-corrected chi connectivity index (χ0v) is 12.0. The molecule has 4 nitrogen and oxygen atoms in total. The number of rotatable bonds is 4. The molecule has 0 radical (unpaired) electrons. The number of halogens is 3. The van der Waals surface area contributed by atoms with E-state index in [9.17, 15) is 22.8 Å². The van der Waals surface area contributed by atoms with Crippen molar-refractivity contribution in [3.8, 4) is 0 Å². The highest BCUT2D eigenvalue weighted by molar-refractivity contribution is 6.00. The Labute approximate surface area is 126 Å². The third-order valence-electron chi connectivity index (χ3n) is 3.60. The van der Waals surface area contributed by atoms with Gasteiger partial charge in [0.25, 0.3) is 0 Å². The molecule has 0 unspecified atom stereocenters. The van der Waals surface area contributed by atoms with Crippen LogP contribution in [0.4, 0.5) is 13.2 Å². The summed E-state index contributed by atoms with van der Waals surface area (Å²) >= 11 is 0. The molecule has 0 saturated carbocycles. The molecule has 1 saturated heterocycles. The molecule has 1 aromatic rings. The molecule has 1 aliphatic heterocycles. The molecule has 22 heavy (non-hydrogen) atoms. The van der Waals surface area contributed by atoms with Gasteiger partial charge in [0.15, 0.2) is 0 Å². The fourth-order valence-electron chi connectivity index (χ4n) is 2.35. The third kappa shape index (κ3) is 4.56. The van der Waals surface area contributed by atoms with Crippen LogP contribution in [0.2, 0.25) is 0 Å². The monoisotopic (exact) mass is 314 g/mol. The number of nitrogens with zero attached hydrogens (tertiary/aromatic N) is 2. The van der Waals surface area contributed by atoms with Crippen molar-refractivity contribution in [3.05, 3.63) is 35.9 Å². The topological polar surface area (TPSA) is 40.6 Å². The Balaban J connectivity index is 1.79. The van der Waals surface area contributed by atoms with E-state index in [0.29, 0.717) is 26.2 Å². The van der Waals surface area contributed by atoms with Gasteiger partial charge in [-0.1, -0.05) is 30.3 Å². The summed E-state index contributed by atoms with van der Waals surface area (Å²) in [6.45, 7) is 2.60. The van der Waals surface area contributed by atoms with Crippen LogP contribution in [0, 0.1) is 0 Å². The van der Waals surface area contributed by atoms with Crippen LogP contribution in [0.5, 0.6) is 0 Å². The molecule has 0 N–H and O–H groups in total. The molecular formula is C15H17F3N2O2. The first kappa shape index (κ1) is 16.5. The van der Waals surface area contributed by atoms with Gasteiger partial charge in [-0.05, 0) is 5.56 Å². The predicted octanol–water partition coefficient (Wildman–Crippen LogP) is 1.85. The predicted molar refractivity (Wildman–Crippen MR) is 74.0 cm³/mol. The number of hydrogen-bond donors (Lipinski definition) is 0. The summed E-state index contributed by atoms with van der Waals surface area (Å²) in [5.74, 6) is -2.73. The maximum Gasteiger partial charge on any atom is 0.450 e. The van der Waals surface area contributed by atoms with Crippen LogP contribution >= 0.6 is 0 Å². The van der Waals surface area contributed by atoms with Crippen LogP contribution in [-0.2, 0) is 16.1 Å². The maximum atomic E-state index is 12.2. The van der Waals surface area contributed by atoms with E-state index in [0.717, 1.165) is 12.1 Å². The van der Waals surface area contributed by atoms with Crippen molar-refractivity contribution in [3.63, 3.8) is 0 Å². The lowest BCUT2D eigenvalue weighted by molar-refractivity contribution is -0.173. The minimum atomic E-state index is -4.94. The summed E-state index contributed by atoms with van der Waals surface area (Å²) in [5.41, 5.74) is 1.15. The molecule has 0 atom stereocenters. The molecule has 0 bridgehead atoms. The number of benzene rings is 1. The highest BCUT2D eigenvalue weighted by atomic mass is 19.4. The van der Waals surface area contributed by atoms with Gasteiger partial charge < -0.3 is 4.90 Å². The SMILES string of the molecule is O=C(CC(=O)C(F)(F)F)N1CCN(Cc2ccccc2)CC1. The molecule has 2 rings (SSSR count). The summed E-state index contributed by atoms with van der Waals surface area (Å²) in [5, 5.41) is 0. The number of amides is 1. The molecule has 7 heteroatoms. The quantitative estimate of drug-likeness (QED) is 0.797. The standard InChI is InChI=1S/C15H17F3N2O2/c16-15(17,18)13(21)10-14(22)20-8-6-19(7-9-20)11-12-4-2-1-3-5-12/h1-5H,6-11H2. The molecule has 0 aliphatic carbocycles. The molecule has 1 amide bonds. The Morgan fingerprint density at radius 2 is 1.59 bits per heavy atom. The summed E-state index contributed by atoms with van der Waals surface area (Å²) in [6.07, 6.45) is -6.03. The normalized spacial score (nSPS) is 16.6. The van der Waals surface area contributed by atoms with E-state index in [2.05, 4.69) is 4.90 Å². The van der Waals surface area contributed by atoms with Gasteiger partial charge in [-0.25, -0.2) is 0 Å². The van der Waals surface area contributed by atoms with Gasteiger partial charge in [0.05, 0.1) is 6.42 Å². The highest BCUT2D eigenvalue weighted by Crippen LogP contribution is 2.19. The van der Waals surface area contributed by atoms with E-state index >= 15 is 0 Å². The minimum Gasteiger partial charge on any atom is -0.340 e. The average molecular weight is 314 g/mol. The lowest BCUT2D eigenvalue weighted by Gasteiger charge is -2.34. The second-order valence-corrected chi connectivity index (χ2v) is 5.24. The summed E-state index contributed by atoms with van der Waals surface area (Å²) < 4.78 is 36.5. The molecule has 0 aromatic heterocycles. The second kappa shape index (κ2) is 6.91. The summed E-state index contributed by atoms with van der Waals surface area (Å²) in [4.78, 5) is 26.0. The van der Waals surface area contributed by atoms with Gasteiger partial charge >= 0.3 is 6.18 Å². The van der Waals surface area contributed by atoms with Crippen LogP contribution in [-0.4, -0.2) is 53.8 Å². The molecular weight excluding hydrogens is 297 g/mol. The zero-order valence-electron chi connectivity index (χ0n) is 12.0. The van der Waals surface area contributed by atoms with Crippen molar-refractivity contribution < 1.29 is 22.8 Å². The Hall–Kier alpha value is -1.89. The van der Waals surface area contributed by atoms with E-state index in [1.807, 2.05) is 30.3 Å². The van der Waals surface area contributed by atoms with E-state index in [1.54, 1.807) is 0 Å². The number of carbonyl (C=O) groups is 2. The van der Waals surface area contributed by atoms with Crippen LogP contribution in [0.15, 0.2) is 30.3 Å². The number of ketones is 1. The number of Topliss-reactive ketones (excluding diaryl/α,β-unsaturated/α-hetero) is 1. The average Bonchev–Trinajstić information content (AvgIpc) is 2.48. The Morgan fingerprint density at radius 3 is 2.14 bits per heavy atom. The Morgan fingerprint density at radius 1 is 1.00 bits per heavy atom. The molecule has 120 valence electrons. The fourth-order valence-corrected chi connectivity index (χ4v) is 2.35. The van der Waals surface area contributed by atoms with Gasteiger partial charge in [-0.2, -0.15) is 13.2 Å². The molecule has 1 fully saturated rings. The molecule has 1 aromatic carbocycles. The van der Waals surface area contributed by atoms with Crippen molar-refractivity contribution in [2.24, 2.45) is 0 Å². The third-order valence-corrected chi connectivity index (χ3v) is 3.60. The first-order chi connectivity index (χ1) is 10.4. The number of hydrogen-bond acceptors (Lipinski definition) is 3. The highest BCUT2D eigenvalue weighted by Gasteiger charge is 2.40. The lowest BCUT2D eigenvalue weighted by Crippen LogP contribution is -2.49. The largest absolute Gasteiger partial charge is 0.450 e. The van der Waals surface area contributed by atoms with E-state index in [4.69, 9.17) is 0 Å². The van der Waals surface area contributed by atoms with Crippen LogP contribution < -0.4 is 0 Å². The minimum absolute atomic E-state index is 0.344. The van der Waals surface area contributed by atoms with Gasteiger partial charge in [0.1, 0.15) is 0 Å². The molecule has 1 heterocycles. The van der Waals surface area contributed by atoms with Crippen molar-refractivity contribution >= 4 is 11.7 Å². The first-order valence-corrected chi connectivity index (χ1v) is 7.00. The number of alkyl halides is 3. The van der Waals surface area contributed by atoms with Crippen molar-refractivity contribution in [2.75, 3.05) is 26.2 Å². The van der Waals surface area contributed by atoms with Gasteiger partial charge in [0.2, 0.25) is 11.7 Å². The van der Waals surface area contributed by atoms with Crippen molar-refractivity contribution in [1.29, 1.82) is 0 Å². The summed E-state index contributed by atoms with van der Waals surface area (Å²) in [6, 6.07) is 9.81. The fraction of sp³-hybridized carbons (Fsp3) is 0.467. The molecule has 0 spiro atoms. The van der Waals surface area contributed by atoms with Crippen LogP contribution in [0.3, 0.4) is 0 Å².